The molecule has 0 rings (SSSR count). The third-order valence-electron chi connectivity index (χ3n) is 5.59. The molecule has 0 aromatic carbocycles. The van der Waals surface area contributed by atoms with E-state index in [4.69, 9.17) is 4.52 Å². The number of hydrogen-bond acceptors (Lipinski definition) is 6. The predicted molar refractivity (Wildman–Crippen MR) is 127 cm³/mol. The molecule has 0 saturated carbocycles. The van der Waals surface area contributed by atoms with Crippen molar-refractivity contribution in [3.05, 3.63) is 0 Å². The molecule has 7 nitrogen and oxygen atoms in total. The summed E-state index contributed by atoms with van der Waals surface area (Å²) in [7, 11) is -2.60. The smallest absolute Gasteiger partial charge is 0.396 e. The number of amides is 1. The molecule has 1 amide bonds. The fourth-order valence-electron chi connectivity index (χ4n) is 3.49. The Morgan fingerprint density at radius 3 is 1.87 bits per heavy atom. The van der Waals surface area contributed by atoms with Gasteiger partial charge >= 0.3 is 8.17 Å². The van der Waals surface area contributed by atoms with Gasteiger partial charge in [-0.1, -0.05) is 84.0 Å². The van der Waals surface area contributed by atoms with E-state index in [1.807, 2.05) is 0 Å². The number of carbonyl (C=O) groups excluding carboxylic acids is 1. The number of hydrogen-bond donors (Lipinski definition) is 4. The van der Waals surface area contributed by atoms with Crippen LogP contribution >= 0.6 is 8.17 Å². The van der Waals surface area contributed by atoms with Gasteiger partial charge in [0.1, 0.15) is 6.61 Å². The summed E-state index contributed by atoms with van der Waals surface area (Å²) >= 11 is 0. The van der Waals surface area contributed by atoms with Gasteiger partial charge in [-0.25, -0.2) is 0 Å². The monoisotopic (exact) mass is 466 g/mol. The van der Waals surface area contributed by atoms with Crippen LogP contribution in [0.2, 0.25) is 0 Å². The van der Waals surface area contributed by atoms with Crippen molar-refractivity contribution in [2.45, 2.75) is 110 Å². The highest BCUT2D eigenvalue weighted by molar-refractivity contribution is 7.54. The maximum Gasteiger partial charge on any atom is 0.569 e. The molecule has 4 N–H and O–H groups in total. The van der Waals surface area contributed by atoms with E-state index in [2.05, 4.69) is 16.8 Å². The van der Waals surface area contributed by atoms with Crippen molar-refractivity contribution >= 4 is 14.1 Å². The summed E-state index contributed by atoms with van der Waals surface area (Å²) in [6.45, 7) is 2.71. The van der Waals surface area contributed by atoms with Crippen LogP contribution in [0, 0.1) is 5.92 Å². The number of unbranched alkanes of at least 4 members (excludes halogenated alkanes) is 12. The molecule has 0 saturated heterocycles. The molecule has 0 aliphatic carbocycles. The van der Waals surface area contributed by atoms with Gasteiger partial charge in [0.05, 0.1) is 7.11 Å². The van der Waals surface area contributed by atoms with Crippen LogP contribution in [0.1, 0.15) is 110 Å². The second-order valence-corrected chi connectivity index (χ2v) is 10.1. The van der Waals surface area contributed by atoms with E-state index in [0.29, 0.717) is 25.8 Å². The minimum absolute atomic E-state index is 0.0119. The van der Waals surface area contributed by atoms with Crippen molar-refractivity contribution in [2.24, 2.45) is 5.92 Å². The Labute approximate surface area is 191 Å². The van der Waals surface area contributed by atoms with E-state index in [0.717, 1.165) is 20.0 Å². The topological polar surface area (TPSA) is 108 Å². The minimum Gasteiger partial charge on any atom is -0.396 e. The van der Waals surface area contributed by atoms with Crippen molar-refractivity contribution in [3.8, 4) is 0 Å². The average molecular weight is 467 g/mol. The lowest BCUT2D eigenvalue weighted by Gasteiger charge is -2.14. The standard InChI is InChI=1S/C23H48NO6P/c1-3-4-5-6-7-8-9-10-11-12-13-14-15-18-23(26)24-19-16-17-22(20-25)21-30-31(27,28)29-2/h22,25,27-28H,3-21H2,1-2H3/p+1. The van der Waals surface area contributed by atoms with Crippen LogP contribution in [0.4, 0.5) is 0 Å². The molecule has 0 fully saturated rings. The number of nitrogens with one attached hydrogen (secondary N) is 1. The maximum absolute atomic E-state index is 11.9. The molecule has 0 aliphatic heterocycles. The van der Waals surface area contributed by atoms with Gasteiger partial charge in [0, 0.05) is 25.5 Å². The molecule has 0 aliphatic rings. The zero-order valence-electron chi connectivity index (χ0n) is 20.0. The van der Waals surface area contributed by atoms with E-state index in [-0.39, 0.29) is 25.0 Å². The van der Waals surface area contributed by atoms with Gasteiger partial charge in [-0.3, -0.25) is 4.79 Å². The van der Waals surface area contributed by atoms with Crippen LogP contribution in [0.15, 0.2) is 0 Å². The molecule has 0 spiro atoms. The lowest BCUT2D eigenvalue weighted by atomic mass is 10.0. The zero-order chi connectivity index (χ0) is 23.2. The number of aliphatic hydroxyl groups excluding tert-OH is 1. The van der Waals surface area contributed by atoms with Gasteiger partial charge in [0.25, 0.3) is 0 Å². The van der Waals surface area contributed by atoms with Gasteiger partial charge < -0.3 is 10.4 Å². The summed E-state index contributed by atoms with van der Waals surface area (Å²) < 4.78 is 9.34. The fourth-order valence-corrected chi connectivity index (χ4v) is 4.00. The lowest BCUT2D eigenvalue weighted by molar-refractivity contribution is -0.121. The van der Waals surface area contributed by atoms with Crippen molar-refractivity contribution in [1.82, 2.24) is 5.32 Å². The molecule has 31 heavy (non-hydrogen) atoms. The van der Waals surface area contributed by atoms with Gasteiger partial charge in [-0.05, 0) is 19.3 Å². The summed E-state index contributed by atoms with van der Waals surface area (Å²) in [5.41, 5.74) is 0. The maximum atomic E-state index is 11.9. The molecule has 0 heterocycles. The van der Waals surface area contributed by atoms with E-state index >= 15 is 0 Å². The molecule has 0 radical (unpaired) electrons. The highest BCUT2D eigenvalue weighted by Gasteiger charge is 2.38. The second kappa shape index (κ2) is 21.5. The Morgan fingerprint density at radius 2 is 1.39 bits per heavy atom. The minimum atomic E-state index is -3.76. The summed E-state index contributed by atoms with van der Waals surface area (Å²) in [6.07, 6.45) is 18.7. The Morgan fingerprint density at radius 1 is 0.871 bits per heavy atom. The van der Waals surface area contributed by atoms with Gasteiger partial charge in [0.2, 0.25) is 5.91 Å². The normalized spacial score (nSPS) is 12.8. The molecule has 1 unspecified atom stereocenters. The summed E-state index contributed by atoms with van der Waals surface area (Å²) in [5, 5.41) is 12.2. The Hall–Kier alpha value is -0.300. The highest BCUT2D eigenvalue weighted by Crippen LogP contribution is 2.51. The first kappa shape index (κ1) is 30.7. The van der Waals surface area contributed by atoms with E-state index in [1.165, 1.54) is 70.6 Å². The Kier molecular flexibility index (Phi) is 21.3. The summed E-state index contributed by atoms with van der Waals surface area (Å²) in [5.74, 6) is -0.137. The molecule has 0 aromatic rings. The molecule has 186 valence electrons. The van der Waals surface area contributed by atoms with Crippen molar-refractivity contribution < 1.29 is 28.7 Å². The van der Waals surface area contributed by atoms with Crippen LogP contribution in [0.25, 0.3) is 0 Å². The summed E-state index contributed by atoms with van der Waals surface area (Å²) in [4.78, 5) is 30.5. The summed E-state index contributed by atoms with van der Waals surface area (Å²) in [6, 6.07) is 0. The van der Waals surface area contributed by atoms with Crippen LogP contribution in [-0.2, 0) is 13.8 Å². The Bertz CT molecular complexity index is 412. The third kappa shape index (κ3) is 21.3. The largest absolute Gasteiger partial charge is 0.569 e. The lowest BCUT2D eigenvalue weighted by Crippen LogP contribution is -2.25. The van der Waals surface area contributed by atoms with E-state index < -0.39 is 8.17 Å². The number of carbonyl (C=O) groups is 1. The third-order valence-corrected chi connectivity index (χ3v) is 6.55. The van der Waals surface area contributed by atoms with Crippen molar-refractivity contribution in [1.29, 1.82) is 0 Å². The van der Waals surface area contributed by atoms with Crippen molar-refractivity contribution in [2.75, 3.05) is 26.9 Å². The number of rotatable bonds is 23. The van der Waals surface area contributed by atoms with E-state index in [9.17, 15) is 19.7 Å². The molecule has 0 aromatic heterocycles. The molecule has 8 heteroatoms. The SMILES string of the molecule is CCCCCCCCCCCCCCCC(=O)NCCCC(CO)CO[P+](O)(O)OC. The fraction of sp³-hybridized carbons (Fsp3) is 0.957. The van der Waals surface area contributed by atoms with Gasteiger partial charge in [-0.2, -0.15) is 18.8 Å². The first-order valence-corrected chi connectivity index (χ1v) is 13.9. The van der Waals surface area contributed by atoms with Gasteiger partial charge in [-0.15, -0.1) is 0 Å². The van der Waals surface area contributed by atoms with Crippen molar-refractivity contribution in [3.63, 3.8) is 0 Å². The van der Waals surface area contributed by atoms with E-state index in [1.54, 1.807) is 0 Å². The van der Waals surface area contributed by atoms with Crippen LogP contribution < -0.4 is 5.32 Å². The first-order chi connectivity index (χ1) is 14.9. The van der Waals surface area contributed by atoms with Crippen LogP contribution in [-0.4, -0.2) is 47.7 Å². The predicted octanol–water partition coefficient (Wildman–Crippen LogP) is 5.30. The highest BCUT2D eigenvalue weighted by atomic mass is 31.2. The molecule has 0 bridgehead atoms. The average Bonchev–Trinajstić information content (AvgIpc) is 2.76. The van der Waals surface area contributed by atoms with Gasteiger partial charge in [0.15, 0.2) is 0 Å². The number of aliphatic hydroxyl groups is 1. The Balaban J connectivity index is 3.44. The first-order valence-electron chi connectivity index (χ1n) is 12.4. The second-order valence-electron chi connectivity index (χ2n) is 8.50. The zero-order valence-corrected chi connectivity index (χ0v) is 20.9. The van der Waals surface area contributed by atoms with Crippen LogP contribution in [0.5, 0.6) is 0 Å². The molecular weight excluding hydrogens is 417 g/mol. The van der Waals surface area contributed by atoms with Crippen LogP contribution in [0.3, 0.4) is 0 Å². The molecular formula is C23H49NO6P+. The molecule has 1 atom stereocenters. The quantitative estimate of drug-likeness (QED) is 0.120.